The minimum absolute atomic E-state index is 0.00582. The predicted octanol–water partition coefficient (Wildman–Crippen LogP) is 4.12. The molecule has 0 saturated heterocycles. The molecule has 19 heavy (non-hydrogen) atoms. The molecule has 0 aliphatic carbocycles. The van der Waals surface area contributed by atoms with Gasteiger partial charge < -0.3 is 4.74 Å². The van der Waals surface area contributed by atoms with Crippen molar-refractivity contribution in [3.8, 4) is 5.75 Å². The van der Waals surface area contributed by atoms with Gasteiger partial charge in [-0.3, -0.25) is 4.79 Å². The number of benzene rings is 1. The molecule has 1 aromatic rings. The van der Waals surface area contributed by atoms with E-state index in [1.807, 2.05) is 0 Å². The van der Waals surface area contributed by atoms with Crippen LogP contribution in [-0.2, 0) is 11.0 Å². The van der Waals surface area contributed by atoms with E-state index in [0.717, 1.165) is 12.1 Å². The van der Waals surface area contributed by atoms with Crippen molar-refractivity contribution in [3.05, 3.63) is 29.8 Å². The first-order valence-corrected chi connectivity index (χ1v) is 6.16. The van der Waals surface area contributed by atoms with Gasteiger partial charge >= 0.3 is 6.18 Å². The van der Waals surface area contributed by atoms with Crippen LogP contribution in [0.5, 0.6) is 5.75 Å². The molecule has 7 heteroatoms. The van der Waals surface area contributed by atoms with Gasteiger partial charge in [-0.1, -0.05) is 13.0 Å². The summed E-state index contributed by atoms with van der Waals surface area (Å²) in [7, 11) is 0. The maximum Gasteiger partial charge on any atom is 0.416 e. The van der Waals surface area contributed by atoms with Crippen LogP contribution in [0.15, 0.2) is 24.3 Å². The third kappa shape index (κ3) is 3.92. The highest BCUT2D eigenvalue weighted by Gasteiger charge is 2.37. The second-order valence-electron chi connectivity index (χ2n) is 3.77. The second kappa shape index (κ2) is 5.90. The largest absolute Gasteiger partial charge is 0.466 e. The summed E-state index contributed by atoms with van der Waals surface area (Å²) in [5, 5.41) is 0. The minimum atomic E-state index is -4.53. The Morgan fingerprint density at radius 3 is 2.47 bits per heavy atom. The van der Waals surface area contributed by atoms with E-state index in [1.54, 1.807) is 0 Å². The van der Waals surface area contributed by atoms with E-state index in [1.165, 1.54) is 13.0 Å². The molecule has 1 aromatic carbocycles. The molecule has 1 rings (SSSR count). The van der Waals surface area contributed by atoms with Gasteiger partial charge in [0.25, 0.3) is 0 Å². The van der Waals surface area contributed by atoms with Crippen molar-refractivity contribution in [2.24, 2.45) is 0 Å². The van der Waals surface area contributed by atoms with E-state index >= 15 is 0 Å². The van der Waals surface area contributed by atoms with Crippen LogP contribution in [0.4, 0.5) is 17.6 Å². The molecule has 0 bridgehead atoms. The summed E-state index contributed by atoms with van der Waals surface area (Å²) in [5.41, 5.74) is -0.928. The van der Waals surface area contributed by atoms with Crippen LogP contribution < -0.4 is 4.74 Å². The molecule has 0 aromatic heterocycles. The van der Waals surface area contributed by atoms with Crippen molar-refractivity contribution in [2.45, 2.75) is 24.0 Å². The van der Waals surface area contributed by atoms with E-state index in [2.05, 4.69) is 15.9 Å². The Balaban J connectivity index is 3.02. The summed E-state index contributed by atoms with van der Waals surface area (Å²) < 4.78 is 53.5. The maximum absolute atomic E-state index is 12.9. The number of ether oxygens (including phenoxy) is 1. The van der Waals surface area contributed by atoms with Gasteiger partial charge in [-0.25, -0.2) is 4.39 Å². The average Bonchev–Trinajstić information content (AvgIpc) is 2.36. The number of halogens is 5. The van der Waals surface area contributed by atoms with Crippen LogP contribution in [0.1, 0.15) is 18.9 Å². The Labute approximate surface area is 115 Å². The van der Waals surface area contributed by atoms with Crippen LogP contribution in [0.25, 0.3) is 0 Å². The van der Waals surface area contributed by atoms with Gasteiger partial charge in [0.05, 0.1) is 5.56 Å². The summed E-state index contributed by atoms with van der Waals surface area (Å²) in [6, 6.07) is 3.93. The molecular formula is C12H11BrF4O2. The lowest BCUT2D eigenvalue weighted by Crippen LogP contribution is -2.40. The van der Waals surface area contributed by atoms with E-state index in [4.69, 9.17) is 4.74 Å². The summed E-state index contributed by atoms with van der Waals surface area (Å²) in [4.78, 5) is 11.5. The fraction of sp³-hybridized carbons (Fsp3) is 0.417. The van der Waals surface area contributed by atoms with Gasteiger partial charge in [0, 0.05) is 6.42 Å². The topological polar surface area (TPSA) is 26.3 Å². The van der Waals surface area contributed by atoms with Gasteiger partial charge in [-0.2, -0.15) is 13.2 Å². The lowest BCUT2D eigenvalue weighted by Gasteiger charge is -2.24. The number of carbonyl (C=O) groups is 1. The SMILES string of the molecule is CCC(=O)C(Br)(CF)Oc1cccc(C(F)(F)F)c1. The number of hydrogen-bond donors (Lipinski definition) is 0. The summed E-state index contributed by atoms with van der Waals surface area (Å²) in [5.74, 6) is -0.821. The van der Waals surface area contributed by atoms with E-state index in [-0.39, 0.29) is 12.2 Å². The van der Waals surface area contributed by atoms with Gasteiger partial charge in [0.1, 0.15) is 12.4 Å². The molecule has 0 aliphatic heterocycles. The summed E-state index contributed by atoms with van der Waals surface area (Å²) >= 11 is 2.79. The highest BCUT2D eigenvalue weighted by molar-refractivity contribution is 9.10. The van der Waals surface area contributed by atoms with Crippen molar-refractivity contribution in [1.29, 1.82) is 0 Å². The maximum atomic E-state index is 12.9. The van der Waals surface area contributed by atoms with Crippen LogP contribution in [0, 0.1) is 0 Å². The third-order valence-electron chi connectivity index (χ3n) is 2.35. The first-order chi connectivity index (χ1) is 8.73. The van der Waals surface area contributed by atoms with Crippen molar-refractivity contribution in [2.75, 3.05) is 6.67 Å². The average molecular weight is 343 g/mol. The number of alkyl halides is 5. The van der Waals surface area contributed by atoms with Gasteiger partial charge in [-0.05, 0) is 34.1 Å². The number of Topliss-reactive ketones (excluding diaryl/α,β-unsaturated/α-hetero) is 1. The molecule has 106 valence electrons. The Bertz CT molecular complexity index is 461. The van der Waals surface area contributed by atoms with Crippen LogP contribution in [0.3, 0.4) is 0 Å². The Morgan fingerprint density at radius 1 is 1.37 bits per heavy atom. The Morgan fingerprint density at radius 2 is 2.00 bits per heavy atom. The highest BCUT2D eigenvalue weighted by atomic mass is 79.9. The highest BCUT2D eigenvalue weighted by Crippen LogP contribution is 2.33. The fourth-order valence-electron chi connectivity index (χ4n) is 1.35. The fourth-order valence-corrected chi connectivity index (χ4v) is 1.81. The first-order valence-electron chi connectivity index (χ1n) is 5.37. The minimum Gasteiger partial charge on any atom is -0.466 e. The van der Waals surface area contributed by atoms with Crippen molar-refractivity contribution in [1.82, 2.24) is 0 Å². The predicted molar refractivity (Wildman–Crippen MR) is 65.0 cm³/mol. The van der Waals surface area contributed by atoms with E-state index in [0.29, 0.717) is 6.07 Å². The molecule has 0 amide bonds. The van der Waals surface area contributed by atoms with Gasteiger partial charge in [0.2, 0.25) is 4.51 Å². The zero-order valence-electron chi connectivity index (χ0n) is 9.93. The van der Waals surface area contributed by atoms with Crippen molar-refractivity contribution in [3.63, 3.8) is 0 Å². The normalized spacial score (nSPS) is 14.8. The second-order valence-corrected chi connectivity index (χ2v) is 5.05. The lowest BCUT2D eigenvalue weighted by atomic mass is 10.2. The molecule has 0 spiro atoms. The van der Waals surface area contributed by atoms with Crippen LogP contribution >= 0.6 is 15.9 Å². The standard InChI is InChI=1S/C12H11BrF4O2/c1-2-10(18)11(13,7-14)19-9-5-3-4-8(6-9)12(15,16)17/h3-6H,2,7H2,1H3. The molecule has 0 N–H and O–H groups in total. The molecule has 1 atom stereocenters. The Kier molecular flexibility index (Phi) is 4.95. The monoisotopic (exact) mass is 342 g/mol. The lowest BCUT2D eigenvalue weighted by molar-refractivity contribution is -0.137. The molecule has 0 fully saturated rings. The number of ketones is 1. The quantitative estimate of drug-likeness (QED) is 0.594. The number of carbonyl (C=O) groups excluding carboxylic acids is 1. The zero-order chi connectivity index (χ0) is 14.7. The number of rotatable bonds is 5. The van der Waals surface area contributed by atoms with Crippen LogP contribution in [-0.4, -0.2) is 17.0 Å². The van der Waals surface area contributed by atoms with Crippen molar-refractivity contribution >= 4 is 21.7 Å². The van der Waals surface area contributed by atoms with Gasteiger partial charge in [-0.15, -0.1) is 0 Å². The van der Waals surface area contributed by atoms with Crippen LogP contribution in [0.2, 0.25) is 0 Å². The molecule has 0 saturated carbocycles. The van der Waals surface area contributed by atoms with Crippen molar-refractivity contribution < 1.29 is 27.1 Å². The molecule has 0 aliphatic rings. The molecule has 1 unspecified atom stereocenters. The zero-order valence-corrected chi connectivity index (χ0v) is 11.5. The third-order valence-corrected chi connectivity index (χ3v) is 3.17. The van der Waals surface area contributed by atoms with Gasteiger partial charge in [0.15, 0.2) is 5.78 Å². The Hall–Kier alpha value is -1.11. The van der Waals surface area contributed by atoms with E-state index in [9.17, 15) is 22.4 Å². The number of hydrogen-bond acceptors (Lipinski definition) is 2. The molecule has 2 nitrogen and oxygen atoms in total. The molecular weight excluding hydrogens is 332 g/mol. The molecule has 0 radical (unpaired) electrons. The smallest absolute Gasteiger partial charge is 0.416 e. The summed E-state index contributed by atoms with van der Waals surface area (Å²) in [6.07, 6.45) is -4.53. The first kappa shape index (κ1) is 15.9. The van der Waals surface area contributed by atoms with E-state index < -0.39 is 28.7 Å². The summed E-state index contributed by atoms with van der Waals surface area (Å²) in [6.45, 7) is 0.319. The molecule has 0 heterocycles.